The Morgan fingerprint density at radius 1 is 1.36 bits per heavy atom. The van der Waals surface area contributed by atoms with Crippen LogP contribution in [0.2, 0.25) is 0 Å². The highest BCUT2D eigenvalue weighted by molar-refractivity contribution is 5.49. The number of benzene rings is 1. The first-order valence-corrected chi connectivity index (χ1v) is 3.67. The van der Waals surface area contributed by atoms with Crippen LogP contribution >= 0.6 is 0 Å². The van der Waals surface area contributed by atoms with Crippen LogP contribution in [-0.2, 0) is 0 Å². The molecule has 0 radical (unpaired) electrons. The molecule has 2 N–H and O–H groups in total. The summed E-state index contributed by atoms with van der Waals surface area (Å²) in [6.07, 6.45) is 0. The Morgan fingerprint density at radius 3 is 2.45 bits per heavy atom. The van der Waals surface area contributed by atoms with Crippen LogP contribution in [0.5, 0.6) is 0 Å². The number of nitrogen functional groups attached to an aromatic ring is 1. The van der Waals surface area contributed by atoms with Gasteiger partial charge in [-0.2, -0.15) is 0 Å². The fourth-order valence-corrected chi connectivity index (χ4v) is 1.06. The molecule has 1 rings (SSSR count). The van der Waals surface area contributed by atoms with Crippen molar-refractivity contribution in [3.8, 4) is 0 Å². The van der Waals surface area contributed by atoms with Gasteiger partial charge in [0.05, 0.1) is 5.69 Å². The van der Waals surface area contributed by atoms with E-state index in [2.05, 4.69) is 0 Å². The Kier molecular flexibility index (Phi) is 2.13. The number of halogens is 1. The van der Waals surface area contributed by atoms with Gasteiger partial charge in [0.15, 0.2) is 0 Å². The van der Waals surface area contributed by atoms with Crippen LogP contribution in [0.3, 0.4) is 0 Å². The van der Waals surface area contributed by atoms with Gasteiger partial charge in [-0.05, 0) is 17.5 Å². The van der Waals surface area contributed by atoms with Gasteiger partial charge in [-0.25, -0.2) is 4.39 Å². The van der Waals surface area contributed by atoms with E-state index in [-0.39, 0.29) is 17.4 Å². The van der Waals surface area contributed by atoms with E-state index in [4.69, 9.17) is 5.73 Å². The first-order valence-electron chi connectivity index (χ1n) is 3.67. The third-order valence-corrected chi connectivity index (χ3v) is 1.71. The van der Waals surface area contributed by atoms with Gasteiger partial charge in [0.2, 0.25) is 0 Å². The summed E-state index contributed by atoms with van der Waals surface area (Å²) < 4.78 is 12.8. The minimum absolute atomic E-state index is 0.280. The highest BCUT2D eigenvalue weighted by Crippen LogP contribution is 2.23. The van der Waals surface area contributed by atoms with Crippen LogP contribution in [0.15, 0.2) is 18.2 Å². The van der Waals surface area contributed by atoms with E-state index in [0.29, 0.717) is 0 Å². The van der Waals surface area contributed by atoms with Crippen LogP contribution in [0, 0.1) is 5.82 Å². The molecule has 0 amide bonds. The number of rotatable bonds is 1. The number of para-hydroxylation sites is 1. The number of hydrogen-bond donors (Lipinski definition) is 1. The summed E-state index contributed by atoms with van der Waals surface area (Å²) in [7, 11) is 0. The standard InChI is InChI=1S/C9H12FN/c1-6(2)7-4-3-5-8(10)9(7)11/h3-6H,11H2,1-2H3. The van der Waals surface area contributed by atoms with E-state index >= 15 is 0 Å². The molecule has 60 valence electrons. The predicted octanol–water partition coefficient (Wildman–Crippen LogP) is 2.53. The summed E-state index contributed by atoms with van der Waals surface area (Å²) in [5, 5.41) is 0. The molecule has 1 aromatic carbocycles. The summed E-state index contributed by atoms with van der Waals surface area (Å²) in [5.74, 6) is -0.0399. The van der Waals surface area contributed by atoms with Crippen molar-refractivity contribution in [3.63, 3.8) is 0 Å². The van der Waals surface area contributed by atoms with Gasteiger partial charge in [-0.3, -0.25) is 0 Å². The molecular formula is C9H12FN. The zero-order valence-corrected chi connectivity index (χ0v) is 6.76. The summed E-state index contributed by atoms with van der Waals surface area (Å²) in [4.78, 5) is 0. The normalized spacial score (nSPS) is 10.5. The SMILES string of the molecule is CC(C)c1cccc(F)c1N. The van der Waals surface area contributed by atoms with E-state index < -0.39 is 0 Å². The molecule has 0 spiro atoms. The average Bonchev–Trinajstić information content (AvgIpc) is 1.94. The summed E-state index contributed by atoms with van der Waals surface area (Å²) >= 11 is 0. The summed E-state index contributed by atoms with van der Waals surface area (Å²) in [5.41, 5.74) is 6.67. The maximum atomic E-state index is 12.8. The van der Waals surface area contributed by atoms with Crippen molar-refractivity contribution in [3.05, 3.63) is 29.6 Å². The number of nitrogens with two attached hydrogens (primary N) is 1. The molecule has 0 aliphatic rings. The lowest BCUT2D eigenvalue weighted by atomic mass is 10.0. The van der Waals surface area contributed by atoms with E-state index in [1.165, 1.54) is 6.07 Å². The molecule has 0 bridgehead atoms. The molecule has 1 aromatic rings. The fraction of sp³-hybridized carbons (Fsp3) is 0.333. The molecule has 0 atom stereocenters. The highest BCUT2D eigenvalue weighted by atomic mass is 19.1. The van der Waals surface area contributed by atoms with Crippen molar-refractivity contribution < 1.29 is 4.39 Å². The minimum atomic E-state index is -0.323. The molecule has 1 nitrogen and oxygen atoms in total. The van der Waals surface area contributed by atoms with Crippen molar-refractivity contribution in [1.82, 2.24) is 0 Å². The second-order valence-electron chi connectivity index (χ2n) is 2.90. The van der Waals surface area contributed by atoms with Crippen molar-refractivity contribution in [2.75, 3.05) is 5.73 Å². The van der Waals surface area contributed by atoms with Crippen LogP contribution in [0.25, 0.3) is 0 Å². The van der Waals surface area contributed by atoms with E-state index in [1.807, 2.05) is 19.9 Å². The fourth-order valence-electron chi connectivity index (χ4n) is 1.06. The smallest absolute Gasteiger partial charge is 0.146 e. The Morgan fingerprint density at radius 2 is 2.00 bits per heavy atom. The van der Waals surface area contributed by atoms with Crippen molar-refractivity contribution >= 4 is 5.69 Å². The lowest BCUT2D eigenvalue weighted by Crippen LogP contribution is -1.98. The van der Waals surface area contributed by atoms with Crippen LogP contribution in [0.4, 0.5) is 10.1 Å². The van der Waals surface area contributed by atoms with Gasteiger partial charge in [-0.1, -0.05) is 26.0 Å². The quantitative estimate of drug-likeness (QED) is 0.616. The van der Waals surface area contributed by atoms with E-state index in [1.54, 1.807) is 6.07 Å². The van der Waals surface area contributed by atoms with Gasteiger partial charge in [0.1, 0.15) is 5.82 Å². The van der Waals surface area contributed by atoms with Crippen LogP contribution < -0.4 is 5.73 Å². The lowest BCUT2D eigenvalue weighted by Gasteiger charge is -2.08. The molecule has 0 saturated carbocycles. The van der Waals surface area contributed by atoms with E-state index in [9.17, 15) is 4.39 Å². The Labute approximate surface area is 66.0 Å². The van der Waals surface area contributed by atoms with Crippen LogP contribution in [0.1, 0.15) is 25.3 Å². The van der Waals surface area contributed by atoms with Gasteiger partial charge in [-0.15, -0.1) is 0 Å². The third kappa shape index (κ3) is 1.50. The highest BCUT2D eigenvalue weighted by Gasteiger charge is 2.06. The topological polar surface area (TPSA) is 26.0 Å². The molecule has 11 heavy (non-hydrogen) atoms. The molecule has 0 saturated heterocycles. The van der Waals surface area contributed by atoms with Crippen LogP contribution in [-0.4, -0.2) is 0 Å². The second kappa shape index (κ2) is 2.91. The maximum Gasteiger partial charge on any atom is 0.146 e. The second-order valence-corrected chi connectivity index (χ2v) is 2.90. The summed E-state index contributed by atoms with van der Waals surface area (Å²) in [6, 6.07) is 4.91. The minimum Gasteiger partial charge on any atom is -0.396 e. The van der Waals surface area contributed by atoms with Crippen molar-refractivity contribution in [1.29, 1.82) is 0 Å². The molecule has 0 heterocycles. The average molecular weight is 153 g/mol. The van der Waals surface area contributed by atoms with Gasteiger partial charge >= 0.3 is 0 Å². The molecule has 0 unspecified atom stereocenters. The number of anilines is 1. The Bertz CT molecular complexity index is 256. The predicted molar refractivity (Wildman–Crippen MR) is 44.9 cm³/mol. The van der Waals surface area contributed by atoms with Crippen molar-refractivity contribution in [2.45, 2.75) is 19.8 Å². The molecular weight excluding hydrogens is 141 g/mol. The monoisotopic (exact) mass is 153 g/mol. The molecule has 0 fully saturated rings. The lowest BCUT2D eigenvalue weighted by molar-refractivity contribution is 0.629. The molecule has 0 aliphatic carbocycles. The zero-order chi connectivity index (χ0) is 8.43. The van der Waals surface area contributed by atoms with E-state index in [0.717, 1.165) is 5.56 Å². The molecule has 2 heteroatoms. The molecule has 0 aliphatic heterocycles. The molecule has 0 aromatic heterocycles. The van der Waals surface area contributed by atoms with Gasteiger partial charge < -0.3 is 5.73 Å². The maximum absolute atomic E-state index is 12.8. The first-order chi connectivity index (χ1) is 5.13. The summed E-state index contributed by atoms with van der Waals surface area (Å²) in [6.45, 7) is 3.98. The Hall–Kier alpha value is -1.05. The largest absolute Gasteiger partial charge is 0.396 e. The number of hydrogen-bond acceptors (Lipinski definition) is 1. The van der Waals surface area contributed by atoms with Gasteiger partial charge in [0, 0.05) is 0 Å². The first kappa shape index (κ1) is 8.05. The van der Waals surface area contributed by atoms with Crippen molar-refractivity contribution in [2.24, 2.45) is 0 Å². The Balaban J connectivity index is 3.17. The van der Waals surface area contributed by atoms with Gasteiger partial charge in [0.25, 0.3) is 0 Å². The zero-order valence-electron chi connectivity index (χ0n) is 6.76. The third-order valence-electron chi connectivity index (χ3n) is 1.71.